The van der Waals surface area contributed by atoms with Crippen LogP contribution < -0.4 is 10.2 Å². The van der Waals surface area contributed by atoms with E-state index in [4.69, 9.17) is 4.98 Å². The Morgan fingerprint density at radius 3 is 2.50 bits per heavy atom. The van der Waals surface area contributed by atoms with Gasteiger partial charge in [-0.15, -0.1) is 0 Å². The Kier molecular flexibility index (Phi) is 6.13. The van der Waals surface area contributed by atoms with Crippen LogP contribution in [0.4, 0.5) is 5.82 Å². The van der Waals surface area contributed by atoms with Crippen molar-refractivity contribution in [1.29, 1.82) is 0 Å². The molecule has 0 atom stereocenters. The molecule has 1 aromatic heterocycles. The average molecular weight is 249 g/mol. The SMILES string of the molecule is CCNCc1ccc(N(CC)CC(C)C)nc1C. The van der Waals surface area contributed by atoms with E-state index < -0.39 is 0 Å². The largest absolute Gasteiger partial charge is 0.357 e. The van der Waals surface area contributed by atoms with E-state index in [-0.39, 0.29) is 0 Å². The number of hydrogen-bond acceptors (Lipinski definition) is 3. The number of pyridine rings is 1. The summed E-state index contributed by atoms with van der Waals surface area (Å²) in [5.74, 6) is 1.76. The van der Waals surface area contributed by atoms with Crippen LogP contribution in [0.1, 0.15) is 39.0 Å². The quantitative estimate of drug-likeness (QED) is 0.805. The van der Waals surface area contributed by atoms with Gasteiger partial charge < -0.3 is 10.2 Å². The van der Waals surface area contributed by atoms with E-state index in [0.29, 0.717) is 5.92 Å². The molecule has 102 valence electrons. The van der Waals surface area contributed by atoms with E-state index in [1.807, 2.05) is 0 Å². The molecule has 0 saturated heterocycles. The molecule has 1 heterocycles. The third kappa shape index (κ3) is 4.30. The zero-order chi connectivity index (χ0) is 13.5. The van der Waals surface area contributed by atoms with Crippen molar-refractivity contribution in [3.05, 3.63) is 23.4 Å². The maximum atomic E-state index is 4.74. The minimum atomic E-state index is 0.661. The van der Waals surface area contributed by atoms with Gasteiger partial charge in [-0.05, 0) is 37.9 Å². The molecule has 0 aromatic carbocycles. The topological polar surface area (TPSA) is 28.2 Å². The third-order valence-corrected chi connectivity index (χ3v) is 3.04. The number of anilines is 1. The Labute approximate surface area is 112 Å². The van der Waals surface area contributed by atoms with Gasteiger partial charge in [0.1, 0.15) is 5.82 Å². The lowest BCUT2D eigenvalue weighted by Gasteiger charge is -2.24. The first-order chi connectivity index (χ1) is 8.58. The van der Waals surface area contributed by atoms with Crippen molar-refractivity contribution in [3.63, 3.8) is 0 Å². The van der Waals surface area contributed by atoms with Gasteiger partial charge in [-0.3, -0.25) is 0 Å². The Hall–Kier alpha value is -1.09. The standard InChI is InChI=1S/C15H27N3/c1-6-16-10-14-8-9-15(17-13(14)5)18(7-2)11-12(3)4/h8-9,12,16H,6-7,10-11H2,1-5H3. The first-order valence-electron chi connectivity index (χ1n) is 7.00. The molecule has 0 radical (unpaired) electrons. The van der Waals surface area contributed by atoms with Crippen molar-refractivity contribution in [2.45, 2.75) is 41.2 Å². The highest BCUT2D eigenvalue weighted by Crippen LogP contribution is 2.16. The van der Waals surface area contributed by atoms with E-state index in [1.54, 1.807) is 0 Å². The van der Waals surface area contributed by atoms with Crippen molar-refractivity contribution in [2.75, 3.05) is 24.5 Å². The van der Waals surface area contributed by atoms with Gasteiger partial charge in [0.15, 0.2) is 0 Å². The zero-order valence-corrected chi connectivity index (χ0v) is 12.5. The fourth-order valence-corrected chi connectivity index (χ4v) is 2.02. The predicted octanol–water partition coefficient (Wildman–Crippen LogP) is 2.98. The van der Waals surface area contributed by atoms with Crippen molar-refractivity contribution in [3.8, 4) is 0 Å². The van der Waals surface area contributed by atoms with Crippen LogP contribution in [0.3, 0.4) is 0 Å². The summed E-state index contributed by atoms with van der Waals surface area (Å²) in [6, 6.07) is 4.34. The van der Waals surface area contributed by atoms with E-state index in [2.05, 4.69) is 57.0 Å². The van der Waals surface area contributed by atoms with Gasteiger partial charge in [0.25, 0.3) is 0 Å². The highest BCUT2D eigenvalue weighted by atomic mass is 15.2. The maximum absolute atomic E-state index is 4.74. The molecule has 0 aliphatic heterocycles. The van der Waals surface area contributed by atoms with Gasteiger partial charge in [-0.1, -0.05) is 26.8 Å². The number of nitrogens with zero attached hydrogens (tertiary/aromatic N) is 2. The number of hydrogen-bond donors (Lipinski definition) is 1. The second-order valence-electron chi connectivity index (χ2n) is 5.13. The molecule has 0 bridgehead atoms. The van der Waals surface area contributed by atoms with Crippen LogP contribution in [-0.4, -0.2) is 24.6 Å². The third-order valence-electron chi connectivity index (χ3n) is 3.04. The first-order valence-corrected chi connectivity index (χ1v) is 7.00. The van der Waals surface area contributed by atoms with Gasteiger partial charge in [0.05, 0.1) is 0 Å². The summed E-state index contributed by atoms with van der Waals surface area (Å²) in [6.07, 6.45) is 0. The minimum absolute atomic E-state index is 0.661. The van der Waals surface area contributed by atoms with Crippen molar-refractivity contribution in [2.24, 2.45) is 5.92 Å². The monoisotopic (exact) mass is 249 g/mol. The second-order valence-corrected chi connectivity index (χ2v) is 5.13. The fourth-order valence-electron chi connectivity index (χ4n) is 2.02. The van der Waals surface area contributed by atoms with Crippen molar-refractivity contribution < 1.29 is 0 Å². The summed E-state index contributed by atoms with van der Waals surface area (Å²) in [6.45, 7) is 14.9. The molecule has 0 fully saturated rings. The van der Waals surface area contributed by atoms with Crippen LogP contribution >= 0.6 is 0 Å². The summed E-state index contributed by atoms with van der Waals surface area (Å²) in [4.78, 5) is 7.08. The average Bonchev–Trinajstić information content (AvgIpc) is 2.34. The lowest BCUT2D eigenvalue weighted by atomic mass is 10.1. The minimum Gasteiger partial charge on any atom is -0.357 e. The molecule has 1 aromatic rings. The van der Waals surface area contributed by atoms with E-state index in [1.165, 1.54) is 5.56 Å². The first kappa shape index (κ1) is 15.0. The van der Waals surface area contributed by atoms with Gasteiger partial charge >= 0.3 is 0 Å². The summed E-state index contributed by atoms with van der Waals surface area (Å²) >= 11 is 0. The summed E-state index contributed by atoms with van der Waals surface area (Å²) in [5, 5.41) is 3.35. The fraction of sp³-hybridized carbons (Fsp3) is 0.667. The normalized spacial score (nSPS) is 11.0. The summed E-state index contributed by atoms with van der Waals surface area (Å²) in [5.41, 5.74) is 2.43. The van der Waals surface area contributed by atoms with E-state index in [9.17, 15) is 0 Å². The van der Waals surface area contributed by atoms with E-state index in [0.717, 1.165) is 37.7 Å². The molecule has 0 amide bonds. The van der Waals surface area contributed by atoms with Gasteiger partial charge in [-0.2, -0.15) is 0 Å². The van der Waals surface area contributed by atoms with Gasteiger partial charge in [-0.25, -0.2) is 4.98 Å². The number of rotatable bonds is 7. The van der Waals surface area contributed by atoms with Crippen LogP contribution in [0.25, 0.3) is 0 Å². The lowest BCUT2D eigenvalue weighted by molar-refractivity contribution is 0.613. The van der Waals surface area contributed by atoms with Crippen molar-refractivity contribution in [1.82, 2.24) is 10.3 Å². The highest BCUT2D eigenvalue weighted by Gasteiger charge is 2.09. The van der Waals surface area contributed by atoms with Crippen LogP contribution in [-0.2, 0) is 6.54 Å². The highest BCUT2D eigenvalue weighted by molar-refractivity contribution is 5.41. The molecule has 0 saturated carbocycles. The van der Waals surface area contributed by atoms with Crippen LogP contribution in [0.5, 0.6) is 0 Å². The smallest absolute Gasteiger partial charge is 0.128 e. The molecule has 3 nitrogen and oxygen atoms in total. The summed E-state index contributed by atoms with van der Waals surface area (Å²) in [7, 11) is 0. The molecule has 3 heteroatoms. The Balaban J connectivity index is 2.81. The molecular weight excluding hydrogens is 222 g/mol. The molecule has 1 N–H and O–H groups in total. The molecule has 0 spiro atoms. The van der Waals surface area contributed by atoms with Crippen molar-refractivity contribution >= 4 is 5.82 Å². The Bertz CT molecular complexity index is 361. The van der Waals surface area contributed by atoms with Crippen LogP contribution in [0, 0.1) is 12.8 Å². The van der Waals surface area contributed by atoms with E-state index >= 15 is 0 Å². The van der Waals surface area contributed by atoms with Gasteiger partial charge in [0, 0.05) is 25.3 Å². The molecule has 1 rings (SSSR count). The maximum Gasteiger partial charge on any atom is 0.128 e. The molecule has 0 aliphatic rings. The second kappa shape index (κ2) is 7.37. The molecule has 18 heavy (non-hydrogen) atoms. The number of aromatic nitrogens is 1. The molecule has 0 aliphatic carbocycles. The van der Waals surface area contributed by atoms with Crippen LogP contribution in [0.15, 0.2) is 12.1 Å². The zero-order valence-electron chi connectivity index (χ0n) is 12.5. The molecule has 0 unspecified atom stereocenters. The summed E-state index contributed by atoms with van der Waals surface area (Å²) < 4.78 is 0. The number of nitrogens with one attached hydrogen (secondary N) is 1. The Morgan fingerprint density at radius 2 is 2.00 bits per heavy atom. The molecular formula is C15H27N3. The lowest BCUT2D eigenvalue weighted by Crippen LogP contribution is -2.28. The van der Waals surface area contributed by atoms with Gasteiger partial charge in [0.2, 0.25) is 0 Å². The predicted molar refractivity (Wildman–Crippen MR) is 79.1 cm³/mol. The Morgan fingerprint density at radius 1 is 1.28 bits per heavy atom. The number of aryl methyl sites for hydroxylation is 1. The van der Waals surface area contributed by atoms with Crippen LogP contribution in [0.2, 0.25) is 0 Å².